The van der Waals surface area contributed by atoms with Crippen molar-refractivity contribution >= 4 is 44.8 Å². The van der Waals surface area contributed by atoms with Gasteiger partial charge < -0.3 is 10.5 Å². The van der Waals surface area contributed by atoms with Crippen LogP contribution in [0.1, 0.15) is 10.4 Å². The molecule has 108 valence electrons. The molecule has 1 aromatic carbocycles. The van der Waals surface area contributed by atoms with Crippen molar-refractivity contribution in [2.24, 2.45) is 5.73 Å². The molecule has 0 unspecified atom stereocenters. The second-order valence-electron chi connectivity index (χ2n) is 3.47. The Balaban J connectivity index is 2.80. The fourth-order valence-corrected chi connectivity index (χ4v) is 2.13. The predicted molar refractivity (Wildman–Crippen MR) is 79.0 cm³/mol. The van der Waals surface area contributed by atoms with E-state index in [1.54, 1.807) is 18.2 Å². The molecule has 2 amide bonds. The normalized spacial score (nSPS) is 9.90. The van der Waals surface area contributed by atoms with Gasteiger partial charge in [0.2, 0.25) is 5.91 Å². The molecule has 20 heavy (non-hydrogen) atoms. The van der Waals surface area contributed by atoms with E-state index in [9.17, 15) is 14.4 Å². The summed E-state index contributed by atoms with van der Waals surface area (Å²) in [4.78, 5) is 34.9. The van der Waals surface area contributed by atoms with Crippen LogP contribution in [0.5, 0.6) is 0 Å². The van der Waals surface area contributed by atoms with Crippen molar-refractivity contribution in [3.63, 3.8) is 0 Å². The van der Waals surface area contributed by atoms with Crippen molar-refractivity contribution in [3.05, 3.63) is 29.8 Å². The van der Waals surface area contributed by atoms with Crippen LogP contribution in [0.2, 0.25) is 0 Å². The number of imide groups is 1. The number of carbonyl (C=O) groups is 3. The van der Waals surface area contributed by atoms with E-state index in [1.807, 2.05) is 0 Å². The summed E-state index contributed by atoms with van der Waals surface area (Å²) in [5, 5.41) is 2.14. The maximum Gasteiger partial charge on any atom is 0.372 e. The topological polar surface area (TPSA) is 98.5 Å². The Morgan fingerprint density at radius 2 is 2.00 bits per heavy atom. The largest absolute Gasteiger partial charge is 0.456 e. The van der Waals surface area contributed by atoms with E-state index >= 15 is 0 Å². The van der Waals surface area contributed by atoms with Crippen LogP contribution in [0.3, 0.4) is 0 Å². The highest BCUT2D eigenvalue weighted by atomic mass is 79.9. The number of hydrogen-bond donors (Lipinski definition) is 2. The number of amides is 2. The minimum absolute atomic E-state index is 0.218. The maximum absolute atomic E-state index is 11.9. The van der Waals surface area contributed by atoms with Crippen LogP contribution in [-0.2, 0) is 9.53 Å². The summed E-state index contributed by atoms with van der Waals surface area (Å²) >= 11 is 3.92. The van der Waals surface area contributed by atoms with Gasteiger partial charge in [-0.05, 0) is 23.9 Å². The molecule has 1 rings (SSSR count). The third-order valence-corrected chi connectivity index (χ3v) is 3.24. The molecule has 0 spiro atoms. The van der Waals surface area contributed by atoms with Crippen LogP contribution >= 0.6 is 27.7 Å². The van der Waals surface area contributed by atoms with Crippen LogP contribution in [0.15, 0.2) is 29.2 Å². The average Bonchev–Trinajstić information content (AvgIpc) is 2.45. The first-order chi connectivity index (χ1) is 9.58. The Hall–Kier alpha value is -1.38. The smallest absolute Gasteiger partial charge is 0.372 e. The number of alkyl halides is 1. The zero-order chi connectivity index (χ0) is 15.0. The van der Waals surface area contributed by atoms with Gasteiger partial charge in [-0.25, -0.2) is 4.79 Å². The maximum atomic E-state index is 11.9. The fraction of sp³-hybridized carbons (Fsp3) is 0.250. The molecule has 0 aliphatic rings. The Morgan fingerprint density at radius 1 is 1.30 bits per heavy atom. The molecule has 0 radical (unpaired) electrons. The quantitative estimate of drug-likeness (QED) is 0.469. The summed E-state index contributed by atoms with van der Waals surface area (Å²) in [5.41, 5.74) is 5.34. The lowest BCUT2D eigenvalue weighted by Crippen LogP contribution is -2.35. The van der Waals surface area contributed by atoms with E-state index in [2.05, 4.69) is 21.2 Å². The van der Waals surface area contributed by atoms with Gasteiger partial charge in [-0.3, -0.25) is 14.9 Å². The number of carbonyl (C=O) groups excluding carboxylic acids is 3. The Labute approximate surface area is 128 Å². The number of hydrogen-bond acceptors (Lipinski definition) is 6. The molecule has 0 atom stereocenters. The molecular weight excluding hydrogens is 348 g/mol. The summed E-state index contributed by atoms with van der Waals surface area (Å²) in [6, 6.07) is 6.43. The zero-order valence-electron chi connectivity index (χ0n) is 10.4. The monoisotopic (exact) mass is 360 g/mol. The molecule has 0 aromatic heterocycles. The van der Waals surface area contributed by atoms with Gasteiger partial charge >= 0.3 is 5.30 Å². The molecular formula is C12H13BrN2O4S. The van der Waals surface area contributed by atoms with Gasteiger partial charge in [-0.15, -0.1) is 0 Å². The first-order valence-electron chi connectivity index (χ1n) is 5.62. The van der Waals surface area contributed by atoms with Gasteiger partial charge in [0, 0.05) is 10.2 Å². The highest BCUT2D eigenvalue weighted by Gasteiger charge is 2.16. The third kappa shape index (κ3) is 5.32. The standard InChI is InChI=1S/C12H13BrN2O4S/c13-5-6-19-12(18)20-9-4-2-1-3-8(9)11(17)15-10(16)7-14/h1-4H,5-7,14H2,(H,15,16,17). The Bertz CT molecular complexity index is 510. The van der Waals surface area contributed by atoms with Gasteiger partial charge in [0.15, 0.2) is 0 Å². The van der Waals surface area contributed by atoms with E-state index in [-0.39, 0.29) is 18.7 Å². The first-order valence-corrected chi connectivity index (χ1v) is 7.56. The van der Waals surface area contributed by atoms with Crippen molar-refractivity contribution < 1.29 is 19.1 Å². The highest BCUT2D eigenvalue weighted by molar-refractivity contribution is 9.09. The SMILES string of the molecule is NCC(=O)NC(=O)c1ccccc1SC(=O)OCCBr. The number of rotatable bonds is 5. The molecule has 0 fully saturated rings. The van der Waals surface area contributed by atoms with Crippen molar-refractivity contribution in [1.29, 1.82) is 0 Å². The van der Waals surface area contributed by atoms with Gasteiger partial charge in [-0.2, -0.15) is 0 Å². The summed E-state index contributed by atoms with van der Waals surface area (Å²) in [5.74, 6) is -1.19. The number of nitrogens with one attached hydrogen (secondary N) is 1. The minimum Gasteiger partial charge on any atom is -0.456 e. The van der Waals surface area contributed by atoms with E-state index < -0.39 is 17.1 Å². The van der Waals surface area contributed by atoms with E-state index in [0.717, 1.165) is 11.8 Å². The Morgan fingerprint density at radius 3 is 2.65 bits per heavy atom. The molecule has 0 aliphatic heterocycles. The van der Waals surface area contributed by atoms with Crippen LogP contribution < -0.4 is 11.1 Å². The lowest BCUT2D eigenvalue weighted by Gasteiger charge is -2.08. The summed E-state index contributed by atoms with van der Waals surface area (Å²) < 4.78 is 4.89. The van der Waals surface area contributed by atoms with E-state index in [1.165, 1.54) is 6.07 Å². The fourth-order valence-electron chi connectivity index (χ4n) is 1.23. The summed E-state index contributed by atoms with van der Waals surface area (Å²) in [6.07, 6.45) is 0. The second-order valence-corrected chi connectivity index (χ2v) is 5.24. The minimum atomic E-state index is -0.600. The van der Waals surface area contributed by atoms with Crippen LogP contribution in [0.4, 0.5) is 4.79 Å². The predicted octanol–water partition coefficient (Wildman–Crippen LogP) is 1.53. The molecule has 0 bridgehead atoms. The molecule has 3 N–H and O–H groups in total. The van der Waals surface area contributed by atoms with Crippen molar-refractivity contribution in [1.82, 2.24) is 5.32 Å². The third-order valence-electron chi connectivity index (χ3n) is 2.06. The number of ether oxygens (including phenoxy) is 1. The molecule has 0 heterocycles. The molecule has 0 saturated heterocycles. The Kier molecular flexibility index (Phi) is 7.27. The van der Waals surface area contributed by atoms with E-state index in [4.69, 9.17) is 10.5 Å². The number of nitrogens with two attached hydrogens (primary N) is 1. The second kappa shape index (κ2) is 8.72. The number of benzene rings is 1. The first kappa shape index (κ1) is 16.7. The molecule has 1 aromatic rings. The number of thioether (sulfide) groups is 1. The zero-order valence-corrected chi connectivity index (χ0v) is 12.8. The van der Waals surface area contributed by atoms with Crippen LogP contribution in [0, 0.1) is 0 Å². The van der Waals surface area contributed by atoms with Gasteiger partial charge in [0.05, 0.1) is 12.1 Å². The summed E-state index contributed by atoms with van der Waals surface area (Å²) in [7, 11) is 0. The average molecular weight is 361 g/mol. The molecule has 0 aliphatic carbocycles. The van der Waals surface area contributed by atoms with Crippen molar-refractivity contribution in [2.45, 2.75) is 4.90 Å². The molecule has 8 heteroatoms. The highest BCUT2D eigenvalue weighted by Crippen LogP contribution is 2.24. The lowest BCUT2D eigenvalue weighted by atomic mass is 10.2. The van der Waals surface area contributed by atoms with E-state index in [0.29, 0.717) is 10.2 Å². The van der Waals surface area contributed by atoms with Crippen molar-refractivity contribution in [3.8, 4) is 0 Å². The lowest BCUT2D eigenvalue weighted by molar-refractivity contribution is -0.118. The summed E-state index contributed by atoms with van der Waals surface area (Å²) in [6.45, 7) is -0.0415. The van der Waals surface area contributed by atoms with Gasteiger partial charge in [0.25, 0.3) is 5.91 Å². The van der Waals surface area contributed by atoms with Crippen LogP contribution in [0.25, 0.3) is 0 Å². The molecule has 6 nitrogen and oxygen atoms in total. The van der Waals surface area contributed by atoms with Gasteiger partial charge in [0.1, 0.15) is 6.61 Å². The number of halogens is 1. The van der Waals surface area contributed by atoms with Gasteiger partial charge in [-0.1, -0.05) is 28.1 Å². The van der Waals surface area contributed by atoms with Crippen LogP contribution in [-0.4, -0.2) is 35.6 Å². The van der Waals surface area contributed by atoms with Crippen molar-refractivity contribution in [2.75, 3.05) is 18.5 Å². The molecule has 0 saturated carbocycles.